The van der Waals surface area contributed by atoms with Crippen LogP contribution in [0.15, 0.2) is 54.6 Å². The first-order valence-electron chi connectivity index (χ1n) is 8.45. The van der Waals surface area contributed by atoms with Gasteiger partial charge in [0.05, 0.1) is 6.26 Å². The third-order valence-corrected chi connectivity index (χ3v) is 6.35. The second-order valence-electron chi connectivity index (χ2n) is 6.36. The van der Waals surface area contributed by atoms with Crippen molar-refractivity contribution in [2.75, 3.05) is 18.6 Å². The van der Waals surface area contributed by atoms with Crippen LogP contribution in [0, 0.1) is 6.92 Å². The Hall–Kier alpha value is -2.62. The lowest BCUT2D eigenvalue weighted by Crippen LogP contribution is -2.38. The van der Waals surface area contributed by atoms with Crippen molar-refractivity contribution in [1.82, 2.24) is 14.5 Å². The van der Waals surface area contributed by atoms with E-state index >= 15 is 0 Å². The summed E-state index contributed by atoms with van der Waals surface area (Å²) in [6, 6.07) is 15.5. The molecule has 0 aliphatic heterocycles. The Bertz CT molecular complexity index is 1060. The summed E-state index contributed by atoms with van der Waals surface area (Å²) in [7, 11) is -2.21. The number of nitrogens with zero attached hydrogens (tertiary/aromatic N) is 3. The van der Waals surface area contributed by atoms with Gasteiger partial charge in [-0.3, -0.25) is 10.1 Å². The minimum absolute atomic E-state index is 0.309. The average molecular weight is 417 g/mol. The molecule has 0 saturated carbocycles. The van der Waals surface area contributed by atoms with Gasteiger partial charge in [0.25, 0.3) is 0 Å². The minimum Gasteiger partial charge on any atom is -0.299 e. The highest BCUT2D eigenvalue weighted by Crippen LogP contribution is 2.28. The predicted octanol–water partition coefficient (Wildman–Crippen LogP) is 3.08. The zero-order valence-corrected chi connectivity index (χ0v) is 17.3. The molecule has 0 spiro atoms. The van der Waals surface area contributed by atoms with Crippen LogP contribution in [0.1, 0.15) is 17.2 Å². The van der Waals surface area contributed by atoms with Crippen LogP contribution >= 0.6 is 11.3 Å². The minimum atomic E-state index is -3.59. The van der Waals surface area contributed by atoms with Crippen molar-refractivity contribution in [3.63, 3.8) is 0 Å². The first-order valence-corrected chi connectivity index (χ1v) is 11.1. The van der Waals surface area contributed by atoms with Gasteiger partial charge in [-0.1, -0.05) is 71.5 Å². The average Bonchev–Trinajstić information content (AvgIpc) is 3.11. The first-order chi connectivity index (χ1) is 13.3. The molecule has 0 aliphatic carbocycles. The molecule has 0 aliphatic rings. The van der Waals surface area contributed by atoms with Crippen LogP contribution in [0.2, 0.25) is 0 Å². The number of hydrogen-bond acceptors (Lipinski definition) is 6. The maximum atomic E-state index is 12.9. The zero-order valence-electron chi connectivity index (χ0n) is 15.7. The molecule has 1 amide bonds. The normalized spacial score (nSPS) is 12.7. The highest BCUT2D eigenvalue weighted by molar-refractivity contribution is 7.88. The van der Waals surface area contributed by atoms with E-state index in [1.165, 1.54) is 18.4 Å². The van der Waals surface area contributed by atoms with Crippen molar-refractivity contribution in [2.45, 2.75) is 13.0 Å². The van der Waals surface area contributed by atoms with Crippen molar-refractivity contribution in [1.29, 1.82) is 0 Å². The molecule has 1 atom stereocenters. The molecule has 0 saturated heterocycles. The Morgan fingerprint density at radius 1 is 1.07 bits per heavy atom. The van der Waals surface area contributed by atoms with Gasteiger partial charge in [0.1, 0.15) is 11.0 Å². The fraction of sp³-hybridized carbons (Fsp3) is 0.211. The zero-order chi connectivity index (χ0) is 20.3. The Morgan fingerprint density at radius 2 is 1.71 bits per heavy atom. The van der Waals surface area contributed by atoms with Gasteiger partial charge in [-0.15, -0.1) is 10.2 Å². The molecular weight excluding hydrogens is 396 g/mol. The number of hydrogen-bond donors (Lipinski definition) is 1. The summed E-state index contributed by atoms with van der Waals surface area (Å²) in [6.07, 6.45) is 1.07. The number of aromatic nitrogens is 2. The molecule has 1 heterocycles. The standard InChI is InChI=1S/C19H20N4O3S2/c1-13-9-11-15(12-10-13)18-21-22-19(27-18)20-17(24)16(23(2)28(3,25)26)14-7-5-4-6-8-14/h4-12,16H,1-3H3,(H,20,22,24)/t16-/m0/s1. The number of amides is 1. The van der Waals surface area contributed by atoms with Gasteiger partial charge in [-0.25, -0.2) is 8.42 Å². The molecule has 0 radical (unpaired) electrons. The highest BCUT2D eigenvalue weighted by atomic mass is 32.2. The molecule has 0 fully saturated rings. The molecule has 1 N–H and O–H groups in total. The summed E-state index contributed by atoms with van der Waals surface area (Å²) in [6.45, 7) is 2.00. The number of likely N-dealkylation sites (N-methyl/N-ethyl adjacent to an activating group) is 1. The number of rotatable bonds is 6. The van der Waals surface area contributed by atoms with Crippen LogP contribution in [0.5, 0.6) is 0 Å². The van der Waals surface area contributed by atoms with E-state index < -0.39 is 22.0 Å². The number of carbonyl (C=O) groups excluding carboxylic acids is 1. The summed E-state index contributed by atoms with van der Waals surface area (Å²) >= 11 is 1.23. The Kier molecular flexibility index (Phi) is 5.87. The molecule has 146 valence electrons. The second kappa shape index (κ2) is 8.17. The van der Waals surface area contributed by atoms with Gasteiger partial charge < -0.3 is 0 Å². The van der Waals surface area contributed by atoms with Crippen LogP contribution in [0.3, 0.4) is 0 Å². The number of benzene rings is 2. The van der Waals surface area contributed by atoms with Gasteiger partial charge >= 0.3 is 0 Å². The lowest BCUT2D eigenvalue weighted by atomic mass is 10.1. The summed E-state index contributed by atoms with van der Waals surface area (Å²) in [5.41, 5.74) is 2.60. The largest absolute Gasteiger partial charge is 0.299 e. The fourth-order valence-corrected chi connectivity index (χ4v) is 3.97. The van der Waals surface area contributed by atoms with Gasteiger partial charge in [-0.2, -0.15) is 4.31 Å². The van der Waals surface area contributed by atoms with E-state index in [9.17, 15) is 13.2 Å². The molecular formula is C19H20N4O3S2. The van der Waals surface area contributed by atoms with E-state index in [0.29, 0.717) is 15.7 Å². The van der Waals surface area contributed by atoms with Crippen LogP contribution in [0.25, 0.3) is 10.6 Å². The van der Waals surface area contributed by atoms with Crippen molar-refractivity contribution in [3.05, 3.63) is 65.7 Å². The Morgan fingerprint density at radius 3 is 2.32 bits per heavy atom. The summed E-state index contributed by atoms with van der Waals surface area (Å²) in [5.74, 6) is -0.495. The lowest BCUT2D eigenvalue weighted by Gasteiger charge is -2.25. The van der Waals surface area contributed by atoms with Crippen molar-refractivity contribution < 1.29 is 13.2 Å². The molecule has 9 heteroatoms. The number of anilines is 1. The quantitative estimate of drug-likeness (QED) is 0.667. The molecule has 28 heavy (non-hydrogen) atoms. The van der Waals surface area contributed by atoms with Crippen molar-refractivity contribution >= 4 is 32.4 Å². The van der Waals surface area contributed by atoms with Crippen LogP contribution in [-0.2, 0) is 14.8 Å². The number of nitrogens with one attached hydrogen (secondary N) is 1. The SMILES string of the molecule is Cc1ccc(-c2nnc(NC(=O)[C@H](c3ccccc3)N(C)S(C)(=O)=O)s2)cc1. The predicted molar refractivity (Wildman–Crippen MR) is 111 cm³/mol. The monoisotopic (exact) mass is 416 g/mol. The van der Waals surface area contributed by atoms with Gasteiger partial charge in [0.15, 0.2) is 0 Å². The number of sulfonamides is 1. The van der Waals surface area contributed by atoms with Gasteiger partial charge in [-0.05, 0) is 12.5 Å². The third-order valence-electron chi connectivity index (χ3n) is 4.20. The van der Waals surface area contributed by atoms with E-state index in [0.717, 1.165) is 21.7 Å². The van der Waals surface area contributed by atoms with Crippen molar-refractivity contribution in [3.8, 4) is 10.6 Å². The molecule has 3 rings (SSSR count). The summed E-state index contributed by atoms with van der Waals surface area (Å²) in [5, 5.41) is 11.8. The highest BCUT2D eigenvalue weighted by Gasteiger charge is 2.31. The second-order valence-corrected chi connectivity index (χ2v) is 9.38. The smallest absolute Gasteiger partial charge is 0.249 e. The van der Waals surface area contributed by atoms with Crippen LogP contribution in [-0.4, -0.2) is 42.1 Å². The Labute approximate surface area is 168 Å². The number of carbonyl (C=O) groups is 1. The van der Waals surface area contributed by atoms with E-state index in [1.54, 1.807) is 30.3 Å². The fourth-order valence-electron chi connectivity index (χ4n) is 2.61. The van der Waals surface area contributed by atoms with Gasteiger partial charge in [0.2, 0.25) is 21.1 Å². The molecule has 2 aromatic carbocycles. The van der Waals surface area contributed by atoms with Crippen LogP contribution < -0.4 is 5.32 Å². The first kappa shape index (κ1) is 20.1. The van der Waals surface area contributed by atoms with E-state index in [1.807, 2.05) is 31.2 Å². The maximum absolute atomic E-state index is 12.9. The molecule has 0 bridgehead atoms. The molecule has 3 aromatic rings. The number of aryl methyl sites for hydroxylation is 1. The van der Waals surface area contributed by atoms with Gasteiger partial charge in [0, 0.05) is 12.6 Å². The molecule has 1 aromatic heterocycles. The lowest BCUT2D eigenvalue weighted by molar-refractivity contribution is -0.119. The van der Waals surface area contributed by atoms with E-state index in [4.69, 9.17) is 0 Å². The van der Waals surface area contributed by atoms with E-state index in [-0.39, 0.29) is 0 Å². The van der Waals surface area contributed by atoms with Crippen LogP contribution in [0.4, 0.5) is 5.13 Å². The Balaban J connectivity index is 1.85. The maximum Gasteiger partial charge on any atom is 0.249 e. The summed E-state index contributed by atoms with van der Waals surface area (Å²) in [4.78, 5) is 12.9. The summed E-state index contributed by atoms with van der Waals surface area (Å²) < 4.78 is 25.1. The third kappa shape index (κ3) is 4.61. The molecule has 0 unspecified atom stereocenters. The van der Waals surface area contributed by atoms with E-state index in [2.05, 4.69) is 15.5 Å². The van der Waals surface area contributed by atoms with Crippen molar-refractivity contribution in [2.24, 2.45) is 0 Å². The topological polar surface area (TPSA) is 92.3 Å². The molecule has 7 nitrogen and oxygen atoms in total.